The Labute approximate surface area is 166 Å². The van der Waals surface area contributed by atoms with Gasteiger partial charge in [0.1, 0.15) is 11.4 Å². The first-order chi connectivity index (χ1) is 12.8. The first kappa shape index (κ1) is 20.1. The Morgan fingerprint density at radius 3 is 2.52 bits per heavy atom. The Morgan fingerprint density at radius 1 is 1.07 bits per heavy atom. The number of rotatable bonds is 4. The van der Waals surface area contributed by atoms with Gasteiger partial charge in [-0.2, -0.15) is 11.8 Å². The van der Waals surface area contributed by atoms with Crippen molar-refractivity contribution in [2.24, 2.45) is 40.9 Å². The molecule has 4 saturated carbocycles. The summed E-state index contributed by atoms with van der Waals surface area (Å²) in [6.45, 7) is 2.37. The zero-order chi connectivity index (χ0) is 19.4. The van der Waals surface area contributed by atoms with Crippen molar-refractivity contribution >= 4 is 17.5 Å². The van der Waals surface area contributed by atoms with Gasteiger partial charge in [0.15, 0.2) is 0 Å². The fourth-order valence-corrected chi connectivity index (χ4v) is 8.37. The zero-order valence-corrected chi connectivity index (χ0v) is 17.4. The van der Waals surface area contributed by atoms with Crippen molar-refractivity contribution in [2.75, 3.05) is 12.0 Å². The predicted molar refractivity (Wildman–Crippen MR) is 105 cm³/mol. The van der Waals surface area contributed by atoms with Crippen LogP contribution in [0, 0.1) is 40.9 Å². The van der Waals surface area contributed by atoms with E-state index in [1.165, 1.54) is 6.42 Å². The Bertz CT molecular complexity index is 585. The third-order valence-electron chi connectivity index (χ3n) is 9.13. The smallest absolute Gasteiger partial charge is 0.266 e. The maximum absolute atomic E-state index is 13.3. The minimum absolute atomic E-state index is 0.152. The topological polar surface area (TPSA) is 37.3 Å². The van der Waals surface area contributed by atoms with Crippen molar-refractivity contribution in [2.45, 2.75) is 76.7 Å². The van der Waals surface area contributed by atoms with Crippen molar-refractivity contribution in [1.82, 2.24) is 0 Å². The molecule has 0 saturated heterocycles. The fourth-order valence-electron chi connectivity index (χ4n) is 7.88. The van der Waals surface area contributed by atoms with Crippen LogP contribution in [0.2, 0.25) is 0 Å². The first-order valence-electron chi connectivity index (χ1n) is 10.8. The molecule has 4 aliphatic carbocycles. The van der Waals surface area contributed by atoms with Crippen LogP contribution in [-0.4, -0.2) is 34.9 Å². The number of halogens is 2. The van der Waals surface area contributed by atoms with E-state index in [2.05, 4.69) is 6.92 Å². The highest BCUT2D eigenvalue weighted by Crippen LogP contribution is 2.64. The molecule has 4 fully saturated rings. The average Bonchev–Trinajstić information content (AvgIpc) is 2.98. The number of ketones is 1. The average molecular weight is 401 g/mol. The number of thioether (sulfide) groups is 1. The van der Waals surface area contributed by atoms with Crippen molar-refractivity contribution in [3.63, 3.8) is 0 Å². The van der Waals surface area contributed by atoms with Crippen LogP contribution < -0.4 is 0 Å². The van der Waals surface area contributed by atoms with Crippen molar-refractivity contribution in [3.05, 3.63) is 0 Å². The van der Waals surface area contributed by atoms with Gasteiger partial charge in [0.2, 0.25) is 0 Å². The summed E-state index contributed by atoms with van der Waals surface area (Å²) in [5.41, 5.74) is -1.60. The molecule has 2 nitrogen and oxygen atoms in total. The summed E-state index contributed by atoms with van der Waals surface area (Å²) in [6, 6.07) is 0. The van der Waals surface area contributed by atoms with Gasteiger partial charge in [0.25, 0.3) is 6.43 Å². The number of hydrogen-bond acceptors (Lipinski definition) is 3. The lowest BCUT2D eigenvalue weighted by Crippen LogP contribution is -2.53. The predicted octanol–water partition coefficient (Wildman–Crippen LogP) is 5.18. The van der Waals surface area contributed by atoms with E-state index in [-0.39, 0.29) is 30.1 Å². The maximum atomic E-state index is 13.3. The third kappa shape index (κ3) is 3.19. The van der Waals surface area contributed by atoms with Crippen LogP contribution >= 0.6 is 11.8 Å². The molecular formula is C22H34F2O2S. The molecule has 0 aromatic rings. The second-order valence-corrected chi connectivity index (χ2v) is 11.0. The van der Waals surface area contributed by atoms with Gasteiger partial charge in [-0.05, 0) is 99.0 Å². The zero-order valence-electron chi connectivity index (χ0n) is 16.6. The Balaban J connectivity index is 1.50. The van der Waals surface area contributed by atoms with Crippen LogP contribution in [0.5, 0.6) is 0 Å². The van der Waals surface area contributed by atoms with Gasteiger partial charge in [-0.15, -0.1) is 0 Å². The molecular weight excluding hydrogens is 366 g/mol. The van der Waals surface area contributed by atoms with Crippen molar-refractivity contribution < 1.29 is 18.7 Å². The van der Waals surface area contributed by atoms with Crippen LogP contribution in [0.15, 0.2) is 0 Å². The van der Waals surface area contributed by atoms with Crippen LogP contribution in [-0.2, 0) is 4.79 Å². The summed E-state index contributed by atoms with van der Waals surface area (Å²) in [5.74, 6) is 3.99. The van der Waals surface area contributed by atoms with Crippen molar-refractivity contribution in [3.8, 4) is 0 Å². The summed E-state index contributed by atoms with van der Waals surface area (Å²) in [6.07, 6.45) is 7.25. The standard InChI is InChI=1S/C22H34F2O2S/c1-21-9-7-15-14-8-10-22(26,20(23)24)11-13(14)3-4-16(15)17(21)5-6-18(21)19(25)12-27-2/h13-18,20,26H,3-12H2,1-2H3/t13-,14-,15+,16+,17-,18+,21-,22+/m0/s1. The van der Waals surface area contributed by atoms with E-state index in [0.29, 0.717) is 35.2 Å². The molecule has 0 aromatic heterocycles. The molecule has 5 heteroatoms. The molecule has 4 aliphatic rings. The van der Waals surface area contributed by atoms with Crippen LogP contribution in [0.25, 0.3) is 0 Å². The van der Waals surface area contributed by atoms with Gasteiger partial charge >= 0.3 is 0 Å². The van der Waals surface area contributed by atoms with E-state index < -0.39 is 12.0 Å². The van der Waals surface area contributed by atoms with E-state index in [9.17, 15) is 18.7 Å². The van der Waals surface area contributed by atoms with Gasteiger partial charge < -0.3 is 5.11 Å². The molecule has 0 bridgehead atoms. The lowest BCUT2D eigenvalue weighted by Gasteiger charge is -2.57. The fraction of sp³-hybridized carbons (Fsp3) is 0.955. The number of Topliss-reactive ketones (excluding diaryl/α,β-unsaturated/α-hetero) is 1. The molecule has 27 heavy (non-hydrogen) atoms. The molecule has 0 aromatic carbocycles. The molecule has 1 N–H and O–H groups in total. The van der Waals surface area contributed by atoms with Gasteiger partial charge in [-0.1, -0.05) is 6.92 Å². The summed E-state index contributed by atoms with van der Waals surface area (Å²) < 4.78 is 26.6. The highest BCUT2D eigenvalue weighted by Gasteiger charge is 2.59. The van der Waals surface area contributed by atoms with Crippen molar-refractivity contribution in [1.29, 1.82) is 0 Å². The first-order valence-corrected chi connectivity index (χ1v) is 12.2. The summed E-state index contributed by atoms with van der Waals surface area (Å²) >= 11 is 1.64. The molecule has 0 heterocycles. The van der Waals surface area contributed by atoms with Crippen LogP contribution in [0.3, 0.4) is 0 Å². The summed E-state index contributed by atoms with van der Waals surface area (Å²) in [7, 11) is 0. The minimum atomic E-state index is -2.62. The van der Waals surface area contributed by atoms with E-state index in [0.717, 1.165) is 38.5 Å². The number of hydrogen-bond donors (Lipinski definition) is 1. The van der Waals surface area contributed by atoms with Gasteiger partial charge in [0.05, 0.1) is 5.75 Å². The largest absolute Gasteiger partial charge is 0.384 e. The lowest BCUT2D eigenvalue weighted by molar-refractivity contribution is -0.160. The highest BCUT2D eigenvalue weighted by atomic mass is 32.2. The Kier molecular flexibility index (Phi) is 5.42. The molecule has 0 unspecified atom stereocenters. The molecule has 0 radical (unpaired) electrons. The third-order valence-corrected chi connectivity index (χ3v) is 9.70. The Hall–Kier alpha value is -0.160. The van der Waals surface area contributed by atoms with Crippen LogP contribution in [0.4, 0.5) is 8.78 Å². The highest BCUT2D eigenvalue weighted by molar-refractivity contribution is 7.99. The number of aliphatic hydroxyl groups is 1. The van der Waals surface area contributed by atoms with Gasteiger partial charge in [-0.3, -0.25) is 4.79 Å². The molecule has 8 atom stereocenters. The van der Waals surface area contributed by atoms with E-state index in [1.807, 2.05) is 6.26 Å². The van der Waals surface area contributed by atoms with E-state index >= 15 is 0 Å². The second-order valence-electron chi connectivity index (χ2n) is 10.2. The molecule has 4 rings (SSSR count). The summed E-state index contributed by atoms with van der Waals surface area (Å²) in [5, 5.41) is 10.3. The quantitative estimate of drug-likeness (QED) is 0.706. The van der Waals surface area contributed by atoms with E-state index in [4.69, 9.17) is 0 Å². The second kappa shape index (κ2) is 7.27. The molecule has 0 aliphatic heterocycles. The molecule has 0 amide bonds. The van der Waals surface area contributed by atoms with Crippen LogP contribution in [0.1, 0.15) is 64.7 Å². The van der Waals surface area contributed by atoms with Gasteiger partial charge in [0, 0.05) is 5.92 Å². The normalized spacial score (nSPS) is 49.4. The van der Waals surface area contributed by atoms with Gasteiger partial charge in [-0.25, -0.2) is 8.78 Å². The lowest BCUT2D eigenvalue weighted by atomic mass is 9.49. The Morgan fingerprint density at radius 2 is 1.81 bits per heavy atom. The minimum Gasteiger partial charge on any atom is -0.384 e. The molecule has 154 valence electrons. The SMILES string of the molecule is CSCC(=O)[C@H]1CC[C@H]2[C@@H]3CC[C@H]4C[C@@](O)(C(F)F)CC[C@@H]4[C@H]3CC[C@]12C. The maximum Gasteiger partial charge on any atom is 0.266 e. The number of alkyl halides is 2. The number of fused-ring (bicyclic) bond motifs is 5. The summed E-state index contributed by atoms with van der Waals surface area (Å²) in [4.78, 5) is 12.7. The van der Waals surface area contributed by atoms with E-state index in [1.54, 1.807) is 11.8 Å². The number of carbonyl (C=O) groups excluding carboxylic acids is 1. The monoisotopic (exact) mass is 400 g/mol. The number of carbonyl (C=O) groups is 1. The molecule has 0 spiro atoms.